The molecule has 5 nitrogen and oxygen atoms in total. The van der Waals surface area contributed by atoms with Gasteiger partial charge in [0.25, 0.3) is 0 Å². The lowest BCUT2D eigenvalue weighted by Gasteiger charge is -2.38. The van der Waals surface area contributed by atoms with Crippen LogP contribution in [0.15, 0.2) is 48.7 Å². The average Bonchev–Trinajstić information content (AvgIpc) is 2.64. The third kappa shape index (κ3) is 5.54. The zero-order valence-corrected chi connectivity index (χ0v) is 16.1. The van der Waals surface area contributed by atoms with Gasteiger partial charge in [-0.15, -0.1) is 0 Å². The number of amides is 1. The van der Waals surface area contributed by atoms with Crippen molar-refractivity contribution in [3.63, 3.8) is 0 Å². The van der Waals surface area contributed by atoms with E-state index < -0.39 is 0 Å². The Bertz CT molecular complexity index is 725. The molecule has 5 heteroatoms. The van der Waals surface area contributed by atoms with Gasteiger partial charge in [-0.25, -0.2) is 0 Å². The molecule has 0 aliphatic heterocycles. The number of nitrogens with one attached hydrogen (secondary N) is 1. The number of aromatic nitrogens is 1. The Hall–Kier alpha value is -2.40. The van der Waals surface area contributed by atoms with Crippen LogP contribution in [0.1, 0.15) is 30.5 Å². The predicted octanol–water partition coefficient (Wildman–Crippen LogP) is 2.58. The number of carbonyl (C=O) groups is 1. The lowest BCUT2D eigenvalue weighted by molar-refractivity contribution is -0.122. The van der Waals surface area contributed by atoms with Gasteiger partial charge in [0.2, 0.25) is 5.91 Å². The van der Waals surface area contributed by atoms with E-state index >= 15 is 0 Å². The summed E-state index contributed by atoms with van der Waals surface area (Å²) in [5.41, 5.74) is 3.29. The fraction of sp³-hybridized carbons (Fsp3) is 0.455. The number of hydrogen-bond acceptors (Lipinski definition) is 4. The van der Waals surface area contributed by atoms with Gasteiger partial charge >= 0.3 is 0 Å². The fourth-order valence-electron chi connectivity index (χ4n) is 3.54. The van der Waals surface area contributed by atoms with Crippen LogP contribution in [-0.2, 0) is 17.6 Å². The van der Waals surface area contributed by atoms with E-state index in [0.717, 1.165) is 36.2 Å². The lowest BCUT2D eigenvalue weighted by Crippen LogP contribution is -2.48. The Balaban J connectivity index is 1.54. The van der Waals surface area contributed by atoms with Gasteiger partial charge in [0.15, 0.2) is 0 Å². The van der Waals surface area contributed by atoms with E-state index in [1.807, 2.05) is 32.3 Å². The second-order valence-electron chi connectivity index (χ2n) is 7.65. The van der Waals surface area contributed by atoms with Crippen molar-refractivity contribution in [2.75, 3.05) is 19.0 Å². The zero-order chi connectivity index (χ0) is 19.2. The largest absolute Gasteiger partial charge is 0.393 e. The first-order valence-electron chi connectivity index (χ1n) is 9.65. The van der Waals surface area contributed by atoms with Crippen LogP contribution in [0.2, 0.25) is 0 Å². The van der Waals surface area contributed by atoms with Crippen LogP contribution in [0.4, 0.5) is 5.69 Å². The normalized spacial score (nSPS) is 19.8. The van der Waals surface area contributed by atoms with Gasteiger partial charge in [-0.2, -0.15) is 0 Å². The summed E-state index contributed by atoms with van der Waals surface area (Å²) in [7, 11) is 4.03. The van der Waals surface area contributed by atoms with E-state index in [-0.39, 0.29) is 18.1 Å². The van der Waals surface area contributed by atoms with Crippen molar-refractivity contribution >= 4 is 11.6 Å². The molecule has 1 saturated carbocycles. The monoisotopic (exact) mass is 367 g/mol. The maximum atomic E-state index is 12.5. The molecule has 1 aliphatic carbocycles. The molecular weight excluding hydrogens is 338 g/mol. The number of rotatable bonds is 8. The predicted molar refractivity (Wildman–Crippen MR) is 108 cm³/mol. The summed E-state index contributed by atoms with van der Waals surface area (Å²) in [6.45, 7) is 0. The number of anilines is 1. The maximum absolute atomic E-state index is 12.5. The molecule has 3 rings (SSSR count). The highest BCUT2D eigenvalue weighted by molar-refractivity contribution is 5.76. The molecule has 1 unspecified atom stereocenters. The van der Waals surface area contributed by atoms with Crippen LogP contribution in [0.25, 0.3) is 0 Å². The molecule has 0 bridgehead atoms. The molecule has 1 heterocycles. The Morgan fingerprint density at radius 3 is 2.56 bits per heavy atom. The van der Waals surface area contributed by atoms with Crippen molar-refractivity contribution in [2.45, 2.75) is 44.2 Å². The molecule has 1 amide bonds. The summed E-state index contributed by atoms with van der Waals surface area (Å²) < 4.78 is 0. The molecule has 1 fully saturated rings. The molecular formula is C22H29N3O2. The molecule has 2 aromatic rings. The van der Waals surface area contributed by atoms with Gasteiger partial charge in [0.1, 0.15) is 0 Å². The number of aliphatic hydroxyl groups is 1. The smallest absolute Gasteiger partial charge is 0.220 e. The van der Waals surface area contributed by atoms with Gasteiger partial charge in [-0.3, -0.25) is 9.78 Å². The molecule has 0 radical (unpaired) electrons. The highest BCUT2D eigenvalue weighted by atomic mass is 16.3. The fourth-order valence-corrected chi connectivity index (χ4v) is 3.54. The molecule has 0 spiro atoms. The van der Waals surface area contributed by atoms with E-state index in [2.05, 4.69) is 39.5 Å². The third-order valence-electron chi connectivity index (χ3n) is 5.31. The van der Waals surface area contributed by atoms with E-state index in [4.69, 9.17) is 0 Å². The van der Waals surface area contributed by atoms with Crippen molar-refractivity contribution in [1.82, 2.24) is 10.3 Å². The first-order chi connectivity index (χ1) is 13.0. The molecule has 1 atom stereocenters. The number of benzene rings is 1. The van der Waals surface area contributed by atoms with Gasteiger partial charge in [0, 0.05) is 50.6 Å². The SMILES string of the molecule is CN(C)c1ccc(CCC(=O)NC(Cc2ccccn2)C2CC(O)C2)cc1. The molecule has 2 N–H and O–H groups in total. The zero-order valence-electron chi connectivity index (χ0n) is 16.1. The quantitative estimate of drug-likeness (QED) is 0.753. The highest BCUT2D eigenvalue weighted by Crippen LogP contribution is 2.31. The summed E-state index contributed by atoms with van der Waals surface area (Å²) in [6, 6.07) is 14.2. The molecule has 0 saturated heterocycles. The van der Waals surface area contributed by atoms with Crippen LogP contribution in [-0.4, -0.2) is 42.2 Å². The molecule has 1 aromatic heterocycles. The minimum Gasteiger partial charge on any atom is -0.393 e. The first kappa shape index (κ1) is 19.4. The highest BCUT2D eigenvalue weighted by Gasteiger charge is 2.34. The molecule has 27 heavy (non-hydrogen) atoms. The third-order valence-corrected chi connectivity index (χ3v) is 5.31. The molecule has 1 aliphatic rings. The van der Waals surface area contributed by atoms with E-state index in [0.29, 0.717) is 18.8 Å². The second-order valence-corrected chi connectivity index (χ2v) is 7.65. The number of carbonyl (C=O) groups excluding carboxylic acids is 1. The Morgan fingerprint density at radius 1 is 1.22 bits per heavy atom. The molecule has 1 aromatic carbocycles. The van der Waals surface area contributed by atoms with Crippen LogP contribution >= 0.6 is 0 Å². The second kappa shape index (κ2) is 9.00. The number of aryl methyl sites for hydroxylation is 1. The summed E-state index contributed by atoms with van der Waals surface area (Å²) in [4.78, 5) is 19.0. The van der Waals surface area contributed by atoms with Crippen molar-refractivity contribution < 1.29 is 9.90 Å². The Morgan fingerprint density at radius 2 is 1.96 bits per heavy atom. The summed E-state index contributed by atoms with van der Waals surface area (Å²) >= 11 is 0. The standard InChI is InChI=1S/C22H29N3O2/c1-25(2)19-9-6-16(7-10-19)8-11-22(27)24-21(17-13-20(26)14-17)15-18-5-3-4-12-23-18/h3-7,9-10,12,17,20-21,26H,8,11,13-15H2,1-2H3,(H,24,27). The number of hydrogen-bond donors (Lipinski definition) is 2. The minimum absolute atomic E-state index is 0.0342. The Kier molecular flexibility index (Phi) is 6.45. The minimum atomic E-state index is -0.228. The van der Waals surface area contributed by atoms with Gasteiger partial charge in [-0.1, -0.05) is 18.2 Å². The number of aliphatic hydroxyl groups excluding tert-OH is 1. The summed E-state index contributed by atoms with van der Waals surface area (Å²) in [5, 5.41) is 12.8. The average molecular weight is 367 g/mol. The van der Waals surface area contributed by atoms with Crippen LogP contribution in [0.3, 0.4) is 0 Å². The topological polar surface area (TPSA) is 65.5 Å². The van der Waals surface area contributed by atoms with E-state index in [1.54, 1.807) is 6.20 Å². The number of nitrogens with zero attached hydrogens (tertiary/aromatic N) is 2. The van der Waals surface area contributed by atoms with Gasteiger partial charge < -0.3 is 15.3 Å². The van der Waals surface area contributed by atoms with E-state index in [9.17, 15) is 9.90 Å². The lowest BCUT2D eigenvalue weighted by atomic mass is 9.76. The Labute approximate surface area is 161 Å². The van der Waals surface area contributed by atoms with Gasteiger partial charge in [0.05, 0.1) is 6.10 Å². The first-order valence-corrected chi connectivity index (χ1v) is 9.65. The molecule has 144 valence electrons. The van der Waals surface area contributed by atoms with Crippen LogP contribution < -0.4 is 10.2 Å². The van der Waals surface area contributed by atoms with Gasteiger partial charge in [-0.05, 0) is 55.0 Å². The van der Waals surface area contributed by atoms with Crippen LogP contribution in [0, 0.1) is 5.92 Å². The summed E-state index contributed by atoms with van der Waals surface area (Å²) in [6.07, 6.45) is 4.96. The number of pyridine rings is 1. The van der Waals surface area contributed by atoms with E-state index in [1.165, 1.54) is 0 Å². The summed E-state index contributed by atoms with van der Waals surface area (Å²) in [5.74, 6) is 0.388. The van der Waals surface area contributed by atoms with Crippen molar-refractivity contribution in [1.29, 1.82) is 0 Å². The van der Waals surface area contributed by atoms with Crippen molar-refractivity contribution in [3.8, 4) is 0 Å². The maximum Gasteiger partial charge on any atom is 0.220 e. The van der Waals surface area contributed by atoms with Crippen LogP contribution in [0.5, 0.6) is 0 Å². The van der Waals surface area contributed by atoms with Crippen molar-refractivity contribution in [2.24, 2.45) is 5.92 Å². The van der Waals surface area contributed by atoms with Crippen molar-refractivity contribution in [3.05, 3.63) is 59.9 Å².